The standard InChI is InChI=1S/C18H30N4OS.HI/c1-4-19-17(22-8-6-18(13-22)7-9-23-14-18)20-11-16(21(2)3)15-5-10-24-12-15;/h5,10,12,16H,4,6-9,11,13-14H2,1-3H3,(H,19,20);1H. The maximum absolute atomic E-state index is 5.66. The second kappa shape index (κ2) is 9.53. The van der Waals surface area contributed by atoms with Crippen molar-refractivity contribution in [1.29, 1.82) is 0 Å². The van der Waals surface area contributed by atoms with Crippen LogP contribution in [0.25, 0.3) is 0 Å². The number of ether oxygens (including phenoxy) is 1. The molecule has 7 heteroatoms. The molecule has 2 atom stereocenters. The summed E-state index contributed by atoms with van der Waals surface area (Å²) in [5.74, 6) is 1.06. The molecule has 1 N–H and O–H groups in total. The monoisotopic (exact) mass is 478 g/mol. The number of hydrogen-bond acceptors (Lipinski definition) is 4. The van der Waals surface area contributed by atoms with Gasteiger partial charge in [0.05, 0.1) is 19.2 Å². The minimum absolute atomic E-state index is 0. The number of halogens is 1. The van der Waals surface area contributed by atoms with E-state index in [1.165, 1.54) is 18.4 Å². The number of likely N-dealkylation sites (tertiary alicyclic amines) is 1. The van der Waals surface area contributed by atoms with Crippen molar-refractivity contribution in [3.05, 3.63) is 22.4 Å². The van der Waals surface area contributed by atoms with Crippen LogP contribution in [0.4, 0.5) is 0 Å². The van der Waals surface area contributed by atoms with Gasteiger partial charge in [-0.05, 0) is 56.3 Å². The Morgan fingerprint density at radius 1 is 1.48 bits per heavy atom. The summed E-state index contributed by atoms with van der Waals surface area (Å²) in [6.45, 7) is 7.82. The van der Waals surface area contributed by atoms with E-state index in [-0.39, 0.29) is 24.0 Å². The third-order valence-electron chi connectivity index (χ3n) is 5.22. The van der Waals surface area contributed by atoms with Crippen molar-refractivity contribution >= 4 is 41.3 Å². The van der Waals surface area contributed by atoms with Crippen LogP contribution in [-0.2, 0) is 4.74 Å². The van der Waals surface area contributed by atoms with Crippen LogP contribution in [0.15, 0.2) is 21.8 Å². The molecule has 1 aromatic heterocycles. The van der Waals surface area contributed by atoms with Crippen LogP contribution in [0.1, 0.15) is 31.4 Å². The van der Waals surface area contributed by atoms with Gasteiger partial charge >= 0.3 is 0 Å². The maximum atomic E-state index is 5.66. The third-order valence-corrected chi connectivity index (χ3v) is 5.92. The zero-order valence-corrected chi connectivity index (χ0v) is 18.7. The van der Waals surface area contributed by atoms with Gasteiger partial charge in [-0.3, -0.25) is 4.99 Å². The Morgan fingerprint density at radius 2 is 2.32 bits per heavy atom. The van der Waals surface area contributed by atoms with Crippen molar-refractivity contribution < 1.29 is 4.74 Å². The number of thiophene rings is 1. The fourth-order valence-electron chi connectivity index (χ4n) is 3.72. The zero-order valence-electron chi connectivity index (χ0n) is 15.5. The largest absolute Gasteiger partial charge is 0.381 e. The van der Waals surface area contributed by atoms with Crippen molar-refractivity contribution in [1.82, 2.24) is 15.1 Å². The molecule has 0 aliphatic carbocycles. The van der Waals surface area contributed by atoms with Gasteiger partial charge in [-0.15, -0.1) is 24.0 Å². The zero-order chi connectivity index (χ0) is 17.0. The molecule has 0 bridgehead atoms. The quantitative estimate of drug-likeness (QED) is 0.401. The fourth-order valence-corrected chi connectivity index (χ4v) is 4.42. The van der Waals surface area contributed by atoms with Gasteiger partial charge in [-0.2, -0.15) is 11.3 Å². The summed E-state index contributed by atoms with van der Waals surface area (Å²) in [4.78, 5) is 9.67. The van der Waals surface area contributed by atoms with E-state index in [4.69, 9.17) is 9.73 Å². The number of nitrogens with one attached hydrogen (secondary N) is 1. The second-order valence-electron chi connectivity index (χ2n) is 7.20. The maximum Gasteiger partial charge on any atom is 0.194 e. The highest BCUT2D eigenvalue weighted by Crippen LogP contribution is 2.38. The lowest BCUT2D eigenvalue weighted by atomic mass is 9.87. The Hall–Kier alpha value is -0.380. The van der Waals surface area contributed by atoms with Crippen LogP contribution in [0.3, 0.4) is 0 Å². The minimum Gasteiger partial charge on any atom is -0.381 e. The van der Waals surface area contributed by atoms with Gasteiger partial charge in [0.1, 0.15) is 0 Å². The van der Waals surface area contributed by atoms with Crippen LogP contribution in [0.2, 0.25) is 0 Å². The molecular formula is C18H31IN4OS. The molecule has 25 heavy (non-hydrogen) atoms. The van der Waals surface area contributed by atoms with Crippen LogP contribution in [0, 0.1) is 5.41 Å². The van der Waals surface area contributed by atoms with Gasteiger partial charge in [0.25, 0.3) is 0 Å². The molecule has 5 nitrogen and oxygen atoms in total. The summed E-state index contributed by atoms with van der Waals surface area (Å²) in [6, 6.07) is 2.54. The highest BCUT2D eigenvalue weighted by molar-refractivity contribution is 14.0. The normalized spacial score (nSPS) is 24.8. The highest BCUT2D eigenvalue weighted by atomic mass is 127. The smallest absolute Gasteiger partial charge is 0.194 e. The topological polar surface area (TPSA) is 40.1 Å². The van der Waals surface area contributed by atoms with Gasteiger partial charge in [-0.1, -0.05) is 0 Å². The molecule has 2 fully saturated rings. The van der Waals surface area contributed by atoms with E-state index in [0.29, 0.717) is 11.5 Å². The lowest BCUT2D eigenvalue weighted by Crippen LogP contribution is -2.42. The highest BCUT2D eigenvalue weighted by Gasteiger charge is 2.42. The van der Waals surface area contributed by atoms with Crippen LogP contribution in [0.5, 0.6) is 0 Å². The lowest BCUT2D eigenvalue weighted by molar-refractivity contribution is 0.156. The Kier molecular flexibility index (Phi) is 7.97. The molecule has 2 unspecified atom stereocenters. The molecule has 0 radical (unpaired) electrons. The van der Waals surface area contributed by atoms with E-state index in [0.717, 1.165) is 45.4 Å². The molecule has 1 aromatic rings. The fraction of sp³-hybridized carbons (Fsp3) is 0.722. The molecule has 3 heterocycles. The number of likely N-dealkylation sites (N-methyl/N-ethyl adjacent to an activating group) is 1. The Labute approximate surface area is 172 Å². The molecule has 2 aliphatic heterocycles. The second-order valence-corrected chi connectivity index (χ2v) is 7.98. The predicted octanol–water partition coefficient (Wildman–Crippen LogP) is 3.05. The summed E-state index contributed by atoms with van der Waals surface area (Å²) < 4.78 is 5.66. The first-order valence-corrected chi connectivity index (χ1v) is 9.87. The van der Waals surface area contributed by atoms with Crippen molar-refractivity contribution in [3.8, 4) is 0 Å². The predicted molar refractivity (Wildman–Crippen MR) is 116 cm³/mol. The van der Waals surface area contributed by atoms with E-state index in [2.05, 4.69) is 53.0 Å². The number of nitrogens with zero attached hydrogens (tertiary/aromatic N) is 3. The first-order chi connectivity index (χ1) is 11.6. The van der Waals surface area contributed by atoms with E-state index in [1.54, 1.807) is 11.3 Å². The van der Waals surface area contributed by atoms with Crippen LogP contribution < -0.4 is 5.32 Å². The van der Waals surface area contributed by atoms with Crippen molar-refractivity contribution in [3.63, 3.8) is 0 Å². The summed E-state index contributed by atoms with van der Waals surface area (Å²) in [6.07, 6.45) is 2.41. The number of guanidine groups is 1. The van der Waals surface area contributed by atoms with Crippen molar-refractivity contribution in [2.24, 2.45) is 10.4 Å². The summed E-state index contributed by atoms with van der Waals surface area (Å²) in [7, 11) is 4.26. The SMILES string of the molecule is CCNC(=NCC(c1ccsc1)N(C)C)N1CCC2(CCOC2)C1.I. The average Bonchev–Trinajstić information content (AvgIpc) is 3.30. The molecule has 3 rings (SSSR count). The molecule has 2 saturated heterocycles. The van der Waals surface area contributed by atoms with Crippen LogP contribution in [-0.4, -0.2) is 69.2 Å². The van der Waals surface area contributed by atoms with Crippen molar-refractivity contribution in [2.75, 3.05) is 53.5 Å². The third kappa shape index (κ3) is 5.08. The Balaban J connectivity index is 0.00000225. The van der Waals surface area contributed by atoms with Crippen molar-refractivity contribution in [2.45, 2.75) is 25.8 Å². The Bertz CT molecular complexity index is 543. The molecule has 142 valence electrons. The van der Waals surface area contributed by atoms with Gasteiger partial charge in [0.15, 0.2) is 5.96 Å². The van der Waals surface area contributed by atoms with Gasteiger partial charge in [-0.25, -0.2) is 0 Å². The minimum atomic E-state index is 0. The number of aliphatic imine (C=N–C) groups is 1. The molecule has 0 amide bonds. The first kappa shape index (κ1) is 20.9. The van der Waals surface area contributed by atoms with E-state index in [9.17, 15) is 0 Å². The summed E-state index contributed by atoms with van der Waals surface area (Å²) >= 11 is 1.75. The summed E-state index contributed by atoms with van der Waals surface area (Å²) in [5, 5.41) is 7.86. The van der Waals surface area contributed by atoms with E-state index < -0.39 is 0 Å². The summed E-state index contributed by atoms with van der Waals surface area (Å²) in [5.41, 5.74) is 1.72. The van der Waals surface area contributed by atoms with Gasteiger partial charge in [0.2, 0.25) is 0 Å². The first-order valence-electron chi connectivity index (χ1n) is 8.93. The molecule has 2 aliphatic rings. The van der Waals surface area contributed by atoms with Crippen LogP contribution >= 0.6 is 35.3 Å². The molecule has 1 spiro atoms. The van der Waals surface area contributed by atoms with Gasteiger partial charge in [0, 0.05) is 31.7 Å². The van der Waals surface area contributed by atoms with E-state index >= 15 is 0 Å². The van der Waals surface area contributed by atoms with E-state index in [1.807, 2.05) is 0 Å². The molecular weight excluding hydrogens is 447 g/mol. The number of rotatable bonds is 5. The molecule has 0 saturated carbocycles. The Morgan fingerprint density at radius 3 is 2.92 bits per heavy atom. The van der Waals surface area contributed by atoms with Gasteiger partial charge < -0.3 is 19.9 Å². The average molecular weight is 478 g/mol. The molecule has 0 aromatic carbocycles. The number of hydrogen-bond donors (Lipinski definition) is 1. The lowest BCUT2D eigenvalue weighted by Gasteiger charge is -2.26.